The molecule has 3 heterocycles. The highest BCUT2D eigenvalue weighted by Gasteiger charge is 2.53. The zero-order valence-corrected chi connectivity index (χ0v) is 17.4. The van der Waals surface area contributed by atoms with Gasteiger partial charge in [0.05, 0.1) is 12.2 Å². The largest absolute Gasteiger partial charge is 0.486 e. The molecular formula is C12H16N3O12P3. The number of aliphatic hydroxyl groups is 2. The first-order valence-electron chi connectivity index (χ1n) is 7.94. The standard InChI is InChI=1S/C12H16N3O12P3/c1-2-6-3-15(12(18)14-10(6)13)11-9(17)8(16)7(25-11)4-24-29(21)5-28(19,20)26-30(22,23)27-29/h1,3,7-9,11,16-17H,4-5H2,(H,19,20)(H,22,23)(H2,13,14,18)/t7-,8?,9?,11-,29?/m1/s1. The molecule has 6 N–H and O–H groups in total. The number of aliphatic hydroxyl groups excluding tert-OH is 2. The first-order chi connectivity index (χ1) is 13.8. The predicted molar refractivity (Wildman–Crippen MR) is 97.0 cm³/mol. The number of anilines is 1. The molecule has 2 fully saturated rings. The van der Waals surface area contributed by atoms with Crippen molar-refractivity contribution in [1.82, 2.24) is 9.55 Å². The van der Waals surface area contributed by atoms with Gasteiger partial charge in [-0.1, -0.05) is 5.92 Å². The van der Waals surface area contributed by atoms with Gasteiger partial charge in [-0.3, -0.25) is 13.7 Å². The van der Waals surface area contributed by atoms with Crippen molar-refractivity contribution in [3.8, 4) is 12.3 Å². The lowest BCUT2D eigenvalue weighted by Crippen LogP contribution is -2.36. The number of nitrogens with zero attached hydrogens (tertiary/aromatic N) is 2. The first kappa shape index (κ1) is 23.3. The van der Waals surface area contributed by atoms with E-state index < -0.39 is 65.8 Å². The Bertz CT molecular complexity index is 1070. The second-order valence-electron chi connectivity index (χ2n) is 6.24. The first-order valence-corrected chi connectivity index (χ1v) is 12.9. The van der Waals surface area contributed by atoms with Crippen molar-refractivity contribution in [3.63, 3.8) is 0 Å². The molecule has 0 bridgehead atoms. The summed E-state index contributed by atoms with van der Waals surface area (Å²) in [7, 11) is -14.5. The maximum absolute atomic E-state index is 12.4. The van der Waals surface area contributed by atoms with Crippen LogP contribution in [0.2, 0.25) is 0 Å². The van der Waals surface area contributed by atoms with Crippen molar-refractivity contribution in [2.45, 2.75) is 24.5 Å². The number of rotatable bonds is 4. The van der Waals surface area contributed by atoms with Gasteiger partial charge in [-0.15, -0.1) is 6.42 Å². The maximum atomic E-state index is 12.4. The summed E-state index contributed by atoms with van der Waals surface area (Å²) in [5.74, 6) is 0.712. The Labute approximate surface area is 168 Å². The van der Waals surface area contributed by atoms with E-state index in [1.54, 1.807) is 0 Å². The summed E-state index contributed by atoms with van der Waals surface area (Å²) >= 11 is 0. The lowest BCUT2D eigenvalue weighted by molar-refractivity contribution is -0.0524. The van der Waals surface area contributed by atoms with Gasteiger partial charge in [0.1, 0.15) is 24.1 Å². The number of phosphoric acid groups is 1. The minimum absolute atomic E-state index is 0.0111. The molecule has 5 unspecified atom stereocenters. The highest BCUT2D eigenvalue weighted by atomic mass is 31.3. The molecule has 0 aliphatic carbocycles. The third-order valence-electron chi connectivity index (χ3n) is 3.99. The summed E-state index contributed by atoms with van der Waals surface area (Å²) in [4.78, 5) is 34.2. The molecule has 3 rings (SSSR count). The van der Waals surface area contributed by atoms with Gasteiger partial charge >= 0.3 is 28.7 Å². The molecule has 1 aromatic heterocycles. The van der Waals surface area contributed by atoms with Crippen LogP contribution in [0.4, 0.5) is 5.82 Å². The zero-order chi connectivity index (χ0) is 22.5. The van der Waals surface area contributed by atoms with E-state index in [4.69, 9.17) is 21.4 Å². The molecule has 2 aliphatic heterocycles. The van der Waals surface area contributed by atoms with Crippen LogP contribution in [0, 0.1) is 12.3 Å². The number of ether oxygens (including phenoxy) is 1. The second-order valence-corrected chi connectivity index (χ2v) is 12.4. The molecule has 2 saturated heterocycles. The monoisotopic (exact) mass is 487 g/mol. The van der Waals surface area contributed by atoms with Crippen molar-refractivity contribution in [2.24, 2.45) is 0 Å². The van der Waals surface area contributed by atoms with Crippen LogP contribution in [0.1, 0.15) is 11.8 Å². The quantitative estimate of drug-likeness (QED) is 0.251. The van der Waals surface area contributed by atoms with Crippen LogP contribution >= 0.6 is 23.0 Å². The summed E-state index contributed by atoms with van der Waals surface area (Å²) in [5.41, 5.74) is 4.56. The van der Waals surface area contributed by atoms with Crippen LogP contribution in [-0.4, -0.2) is 60.4 Å². The van der Waals surface area contributed by atoms with E-state index in [-0.39, 0.29) is 11.4 Å². The van der Waals surface area contributed by atoms with Crippen LogP contribution in [0.3, 0.4) is 0 Å². The molecule has 1 aromatic rings. The number of nitrogen functional groups attached to an aromatic ring is 1. The van der Waals surface area contributed by atoms with Crippen LogP contribution in [0.25, 0.3) is 0 Å². The van der Waals surface area contributed by atoms with E-state index in [1.165, 1.54) is 0 Å². The van der Waals surface area contributed by atoms with E-state index in [2.05, 4.69) is 19.5 Å². The molecular weight excluding hydrogens is 471 g/mol. The summed E-state index contributed by atoms with van der Waals surface area (Å²) in [6.07, 6.45) is 0.00128. The van der Waals surface area contributed by atoms with Crippen LogP contribution in [-0.2, 0) is 31.6 Å². The molecule has 0 amide bonds. The molecule has 0 aromatic carbocycles. The fourth-order valence-electron chi connectivity index (χ4n) is 2.73. The Morgan fingerprint density at radius 1 is 1.30 bits per heavy atom. The highest BCUT2D eigenvalue weighted by Crippen LogP contribution is 2.78. The zero-order valence-electron chi connectivity index (χ0n) is 14.7. The lowest BCUT2D eigenvalue weighted by atomic mass is 10.1. The highest BCUT2D eigenvalue weighted by molar-refractivity contribution is 7.81. The Hall–Kier alpha value is -1.39. The molecule has 2 aliphatic rings. The van der Waals surface area contributed by atoms with Gasteiger partial charge in [-0.05, 0) is 0 Å². The van der Waals surface area contributed by atoms with Crippen molar-refractivity contribution < 1.29 is 51.6 Å². The Morgan fingerprint density at radius 3 is 2.57 bits per heavy atom. The number of hydrogen-bond acceptors (Lipinski definition) is 12. The molecule has 166 valence electrons. The van der Waals surface area contributed by atoms with Gasteiger partial charge in [-0.2, -0.15) is 4.98 Å². The van der Waals surface area contributed by atoms with Gasteiger partial charge < -0.3 is 35.0 Å². The minimum atomic E-state index is -5.14. The van der Waals surface area contributed by atoms with Gasteiger partial charge in [-0.25, -0.2) is 18.0 Å². The summed E-state index contributed by atoms with van der Waals surface area (Å²) < 4.78 is 54.7. The molecule has 7 atom stereocenters. The predicted octanol–water partition coefficient (Wildman–Crippen LogP) is -1.07. The third-order valence-corrected chi connectivity index (χ3v) is 11.0. The molecule has 15 nitrogen and oxygen atoms in total. The average Bonchev–Trinajstić information content (AvgIpc) is 2.85. The fourth-order valence-corrected chi connectivity index (χ4v) is 9.64. The van der Waals surface area contributed by atoms with E-state index >= 15 is 0 Å². The average molecular weight is 487 g/mol. The van der Waals surface area contributed by atoms with Gasteiger partial charge in [0, 0.05) is 6.20 Å². The molecule has 18 heteroatoms. The van der Waals surface area contributed by atoms with E-state index in [9.17, 15) is 38.5 Å². The van der Waals surface area contributed by atoms with Gasteiger partial charge in [0.15, 0.2) is 12.1 Å². The SMILES string of the molecule is C#Cc1cn([C@@H]2O[C@H](COP3(=O)CP(=O)(O)OP(=O)(O)O3)C(O)C2O)c(=O)nc1N. The van der Waals surface area contributed by atoms with Crippen molar-refractivity contribution in [2.75, 3.05) is 18.2 Å². The maximum Gasteiger partial charge on any atom is 0.486 e. The molecule has 0 radical (unpaired) electrons. The van der Waals surface area contributed by atoms with E-state index in [0.29, 0.717) is 0 Å². The van der Waals surface area contributed by atoms with Crippen LogP contribution < -0.4 is 11.4 Å². The van der Waals surface area contributed by atoms with Crippen molar-refractivity contribution in [3.05, 3.63) is 22.2 Å². The Kier molecular flexibility index (Phi) is 6.16. The van der Waals surface area contributed by atoms with Gasteiger partial charge in [0.2, 0.25) is 0 Å². The van der Waals surface area contributed by atoms with Crippen molar-refractivity contribution in [1.29, 1.82) is 0 Å². The summed E-state index contributed by atoms with van der Waals surface area (Å²) in [6, 6.07) is 0. The summed E-state index contributed by atoms with van der Waals surface area (Å²) in [6.45, 7) is -0.814. The molecule has 30 heavy (non-hydrogen) atoms. The minimum Gasteiger partial charge on any atom is -0.387 e. The van der Waals surface area contributed by atoms with E-state index in [0.717, 1.165) is 10.8 Å². The smallest absolute Gasteiger partial charge is 0.387 e. The van der Waals surface area contributed by atoms with Crippen LogP contribution in [0.5, 0.6) is 0 Å². The van der Waals surface area contributed by atoms with E-state index in [1.807, 2.05) is 0 Å². The topological polar surface area (TPSA) is 230 Å². The normalized spacial score (nSPS) is 41.4. The number of aromatic nitrogens is 2. The fraction of sp³-hybridized carbons (Fsp3) is 0.500. The van der Waals surface area contributed by atoms with Crippen LogP contribution in [0.15, 0.2) is 11.0 Å². The second kappa shape index (κ2) is 7.94. The third kappa shape index (κ3) is 4.75. The Morgan fingerprint density at radius 2 is 1.97 bits per heavy atom. The number of nitrogens with two attached hydrogens (primary N) is 1. The van der Waals surface area contributed by atoms with Gasteiger partial charge in [0.25, 0.3) is 0 Å². The Balaban J connectivity index is 1.78. The number of hydrogen-bond donors (Lipinski definition) is 5. The summed E-state index contributed by atoms with van der Waals surface area (Å²) in [5, 5.41) is 20.4. The molecule has 0 spiro atoms. The van der Waals surface area contributed by atoms with Crippen molar-refractivity contribution >= 4 is 28.8 Å². The molecule has 0 saturated carbocycles. The number of terminal acetylenes is 1. The lowest BCUT2D eigenvalue weighted by Gasteiger charge is -2.28.